The molecule has 8 atom stereocenters. The smallest absolute Gasteiger partial charge is 0.345 e. The van der Waals surface area contributed by atoms with Crippen molar-refractivity contribution in [3.63, 3.8) is 0 Å². The second-order valence-electron chi connectivity index (χ2n) is 12.0. The van der Waals surface area contributed by atoms with Crippen LogP contribution >= 0.6 is 0 Å². The summed E-state index contributed by atoms with van der Waals surface area (Å²) < 4.78 is 18.5. The van der Waals surface area contributed by atoms with Gasteiger partial charge in [-0.2, -0.15) is 5.26 Å². The fourth-order valence-electron chi connectivity index (χ4n) is 7.70. The van der Waals surface area contributed by atoms with Crippen LogP contribution in [0.1, 0.15) is 67.6 Å². The van der Waals surface area contributed by atoms with E-state index in [2.05, 4.69) is 11.9 Å². The highest BCUT2D eigenvalue weighted by atomic mass is 16.6. The summed E-state index contributed by atoms with van der Waals surface area (Å²) in [6.07, 6.45) is 2.14. The van der Waals surface area contributed by atoms with Gasteiger partial charge >= 0.3 is 11.6 Å². The lowest BCUT2D eigenvalue weighted by Crippen LogP contribution is -2.69. The minimum atomic E-state index is -1.26. The second kappa shape index (κ2) is 9.82. The number of carbonyl (C=O) groups is 1. The maximum Gasteiger partial charge on any atom is 0.345 e. The van der Waals surface area contributed by atoms with Gasteiger partial charge in [0.2, 0.25) is 0 Å². The molecule has 2 aromatic heterocycles. The van der Waals surface area contributed by atoms with Crippen LogP contribution in [0.2, 0.25) is 0 Å². The van der Waals surface area contributed by atoms with Crippen LogP contribution < -0.4 is 10.4 Å². The first-order chi connectivity index (χ1) is 19.6. The highest BCUT2D eigenvalue weighted by Gasteiger charge is 2.67. The topological polar surface area (TPSA) is 143 Å². The first-order valence-electron chi connectivity index (χ1n) is 13.9. The maximum absolute atomic E-state index is 13.4. The van der Waals surface area contributed by atoms with Crippen LogP contribution in [-0.2, 0) is 4.74 Å². The van der Waals surface area contributed by atoms with Crippen molar-refractivity contribution in [3.8, 4) is 23.1 Å². The molecule has 3 unspecified atom stereocenters. The van der Waals surface area contributed by atoms with Crippen LogP contribution in [0.3, 0.4) is 0 Å². The monoisotopic (exact) mass is 556 g/mol. The number of nitriles is 1. The molecule has 2 fully saturated rings. The van der Waals surface area contributed by atoms with Crippen molar-refractivity contribution in [1.82, 2.24) is 4.98 Å². The van der Waals surface area contributed by atoms with Crippen LogP contribution in [0.15, 0.2) is 64.1 Å². The molecule has 212 valence electrons. The fraction of sp³-hybridized carbons (Fsp3) is 0.438. The number of aromatic nitrogens is 1. The largest absolute Gasteiger partial charge is 0.482 e. The lowest BCUT2D eigenvalue weighted by atomic mass is 9.46. The highest BCUT2D eigenvalue weighted by molar-refractivity contribution is 5.89. The van der Waals surface area contributed by atoms with E-state index in [0.29, 0.717) is 30.4 Å². The molecule has 2 saturated carbocycles. The molecule has 3 heterocycles. The summed E-state index contributed by atoms with van der Waals surface area (Å²) in [4.78, 5) is 30.8. The van der Waals surface area contributed by atoms with Gasteiger partial charge in [-0.25, -0.2) is 9.59 Å². The van der Waals surface area contributed by atoms with Gasteiger partial charge in [0.25, 0.3) is 0 Å². The molecular formula is C32H32N2O7. The number of aliphatic hydroxyl groups excluding tert-OH is 2. The Kier molecular flexibility index (Phi) is 6.51. The third kappa shape index (κ3) is 4.25. The van der Waals surface area contributed by atoms with Crippen molar-refractivity contribution < 1.29 is 28.9 Å². The summed E-state index contributed by atoms with van der Waals surface area (Å²) in [5.74, 6) is -1.05. The molecule has 6 rings (SSSR count). The highest BCUT2D eigenvalue weighted by Crippen LogP contribution is 2.64. The van der Waals surface area contributed by atoms with Crippen molar-refractivity contribution in [2.75, 3.05) is 0 Å². The molecule has 2 N–H and O–H groups in total. The molecule has 3 aromatic rings. The average molecular weight is 557 g/mol. The van der Waals surface area contributed by atoms with Gasteiger partial charge in [0, 0.05) is 29.9 Å². The second-order valence-corrected chi connectivity index (χ2v) is 12.0. The van der Waals surface area contributed by atoms with E-state index < -0.39 is 46.8 Å². The molecule has 9 nitrogen and oxygen atoms in total. The van der Waals surface area contributed by atoms with E-state index in [1.54, 1.807) is 42.7 Å². The third-order valence-electron chi connectivity index (χ3n) is 9.84. The zero-order valence-corrected chi connectivity index (χ0v) is 23.1. The lowest BCUT2D eigenvalue weighted by molar-refractivity contribution is -0.241. The molecule has 0 bridgehead atoms. The van der Waals surface area contributed by atoms with Crippen molar-refractivity contribution in [2.45, 2.75) is 63.9 Å². The minimum absolute atomic E-state index is 0.0398. The first-order valence-corrected chi connectivity index (χ1v) is 13.9. The van der Waals surface area contributed by atoms with Gasteiger partial charge in [0.15, 0.2) is 0 Å². The Balaban J connectivity index is 1.46. The molecule has 1 aromatic carbocycles. The summed E-state index contributed by atoms with van der Waals surface area (Å²) in [7, 11) is 0. The van der Waals surface area contributed by atoms with Crippen molar-refractivity contribution >= 4 is 5.97 Å². The maximum atomic E-state index is 13.4. The molecule has 0 spiro atoms. The Morgan fingerprint density at radius 1 is 1.20 bits per heavy atom. The van der Waals surface area contributed by atoms with Crippen LogP contribution in [0.4, 0.5) is 0 Å². The number of nitrogens with zero attached hydrogens (tertiary/aromatic N) is 2. The fourth-order valence-corrected chi connectivity index (χ4v) is 7.70. The Morgan fingerprint density at radius 3 is 2.63 bits per heavy atom. The first kappa shape index (κ1) is 27.2. The Labute approximate surface area is 237 Å². The molecule has 2 aliphatic carbocycles. The molecule has 9 heteroatoms. The predicted octanol–water partition coefficient (Wildman–Crippen LogP) is 4.42. The number of rotatable bonds is 3. The van der Waals surface area contributed by atoms with Crippen LogP contribution in [-0.4, -0.2) is 39.0 Å². The average Bonchev–Trinajstić information content (AvgIpc) is 2.96. The Morgan fingerprint density at radius 2 is 1.95 bits per heavy atom. The van der Waals surface area contributed by atoms with Gasteiger partial charge in [0.05, 0.1) is 29.4 Å². The summed E-state index contributed by atoms with van der Waals surface area (Å²) in [5.41, 5.74) is -1.11. The summed E-state index contributed by atoms with van der Waals surface area (Å²) in [6, 6.07) is 13.3. The van der Waals surface area contributed by atoms with Gasteiger partial charge in [-0.1, -0.05) is 13.8 Å². The van der Waals surface area contributed by atoms with Crippen LogP contribution in [0.25, 0.3) is 11.3 Å². The zero-order chi connectivity index (χ0) is 29.1. The van der Waals surface area contributed by atoms with Crippen LogP contribution in [0, 0.1) is 34.5 Å². The normalized spacial score (nSPS) is 33.8. The molecule has 0 radical (unpaired) electrons. The predicted molar refractivity (Wildman–Crippen MR) is 147 cm³/mol. The summed E-state index contributed by atoms with van der Waals surface area (Å²) in [5, 5.41) is 31.9. The SMILES string of the molecule is C[C@@H]1C2C[C@H](OC(=O)c3ccc(C#N)cc3)[C@@]3(C)Oc4cc(-c5cccnc5)oc(=O)c4C(O)C3[C@@]2(C)CC[C@@H]1O. The van der Waals surface area contributed by atoms with Crippen molar-refractivity contribution in [1.29, 1.82) is 5.26 Å². The lowest BCUT2D eigenvalue weighted by Gasteiger charge is -2.63. The van der Waals surface area contributed by atoms with E-state index >= 15 is 0 Å². The number of esters is 1. The van der Waals surface area contributed by atoms with E-state index in [-0.39, 0.29) is 34.5 Å². The number of hydrogen-bond donors (Lipinski definition) is 2. The number of fused-ring (bicyclic) bond motifs is 4. The van der Waals surface area contributed by atoms with Crippen molar-refractivity contribution in [3.05, 3.63) is 82.0 Å². The quantitative estimate of drug-likeness (QED) is 0.448. The number of benzene rings is 1. The number of pyridine rings is 1. The summed E-state index contributed by atoms with van der Waals surface area (Å²) in [6.45, 7) is 5.88. The minimum Gasteiger partial charge on any atom is -0.482 e. The van der Waals surface area contributed by atoms with E-state index in [0.717, 1.165) is 0 Å². The molecule has 41 heavy (non-hydrogen) atoms. The molecule has 0 saturated heterocycles. The standard InChI is InChI=1S/C32H32N2O7/c1-17-21-13-25(40-29(37)19-8-6-18(15-33)7-9-19)32(3)28(31(21,2)11-10-22(17)35)27(36)26-24(41-32)14-23(39-30(26)38)20-5-4-12-34-16-20/h4-9,12,14,16-17,21-22,25,27-28,35-36H,10-11,13H2,1-3H3/t17-,21?,22+,25+,27?,28?,31+,32-/m1/s1. The van der Waals surface area contributed by atoms with E-state index in [9.17, 15) is 19.8 Å². The Hall–Kier alpha value is -4.00. The van der Waals surface area contributed by atoms with Gasteiger partial charge in [0.1, 0.15) is 28.8 Å². The van der Waals surface area contributed by atoms with Gasteiger partial charge in [-0.15, -0.1) is 0 Å². The van der Waals surface area contributed by atoms with E-state index in [4.69, 9.17) is 19.2 Å². The Bertz CT molecular complexity index is 1580. The van der Waals surface area contributed by atoms with Crippen LogP contribution in [0.5, 0.6) is 5.75 Å². The van der Waals surface area contributed by atoms with Crippen molar-refractivity contribution in [2.24, 2.45) is 23.2 Å². The number of carbonyl (C=O) groups excluding carboxylic acids is 1. The third-order valence-corrected chi connectivity index (χ3v) is 9.84. The molecule has 1 aliphatic heterocycles. The molecule has 3 aliphatic rings. The van der Waals surface area contributed by atoms with E-state index in [1.807, 2.05) is 19.9 Å². The van der Waals surface area contributed by atoms with Gasteiger partial charge in [-0.3, -0.25) is 4.98 Å². The summed E-state index contributed by atoms with van der Waals surface area (Å²) >= 11 is 0. The van der Waals surface area contributed by atoms with Gasteiger partial charge in [-0.05, 0) is 79.8 Å². The number of aliphatic hydroxyl groups is 2. The number of hydrogen-bond acceptors (Lipinski definition) is 9. The zero-order valence-electron chi connectivity index (χ0n) is 23.1. The molecular weight excluding hydrogens is 524 g/mol. The van der Waals surface area contributed by atoms with Gasteiger partial charge < -0.3 is 24.1 Å². The van der Waals surface area contributed by atoms with E-state index in [1.165, 1.54) is 12.1 Å². The molecule has 0 amide bonds. The number of ether oxygens (including phenoxy) is 2.